The van der Waals surface area contributed by atoms with Crippen molar-refractivity contribution in [2.45, 2.75) is 64.6 Å². The lowest BCUT2D eigenvalue weighted by molar-refractivity contribution is 0.0170. The molecule has 0 spiro atoms. The first-order valence-electron chi connectivity index (χ1n) is 14.4. The number of piperidine rings is 1. The van der Waals surface area contributed by atoms with Crippen molar-refractivity contribution in [3.63, 3.8) is 0 Å². The van der Waals surface area contributed by atoms with E-state index in [1.54, 1.807) is 12.0 Å². The van der Waals surface area contributed by atoms with Crippen LogP contribution in [-0.2, 0) is 23.2 Å². The van der Waals surface area contributed by atoms with Gasteiger partial charge in [0.05, 0.1) is 31.6 Å². The van der Waals surface area contributed by atoms with Crippen molar-refractivity contribution >= 4 is 28.5 Å². The smallest absolute Gasteiger partial charge is 0.410 e. The fourth-order valence-corrected chi connectivity index (χ4v) is 5.91. The topological polar surface area (TPSA) is 89.8 Å². The molecule has 0 unspecified atom stereocenters. The quantitative estimate of drug-likeness (QED) is 0.287. The van der Waals surface area contributed by atoms with Crippen LogP contribution in [0.25, 0.3) is 10.8 Å². The minimum atomic E-state index is -0.509. The molecule has 2 aliphatic rings. The molecule has 218 valence electrons. The van der Waals surface area contributed by atoms with Crippen LogP contribution in [0.2, 0.25) is 0 Å². The van der Waals surface area contributed by atoms with Gasteiger partial charge in [-0.3, -0.25) is 4.79 Å². The summed E-state index contributed by atoms with van der Waals surface area (Å²) in [5.74, 6) is 0.801. The number of methoxy groups -OCH3 is 1. The highest BCUT2D eigenvalue weighted by atomic mass is 16.6. The molecule has 1 aromatic heterocycles. The molecule has 0 saturated carbocycles. The van der Waals surface area contributed by atoms with Gasteiger partial charge in [-0.05, 0) is 74.4 Å². The number of aromatic nitrogens is 3. The molecule has 3 aromatic carbocycles. The molecule has 0 atom stereocenters. The summed E-state index contributed by atoms with van der Waals surface area (Å²) < 4.78 is 12.7. The molecule has 1 fully saturated rings. The van der Waals surface area contributed by atoms with Gasteiger partial charge in [0, 0.05) is 35.7 Å². The third-order valence-corrected chi connectivity index (χ3v) is 8.38. The normalized spacial score (nSPS) is 16.3. The highest BCUT2D eigenvalue weighted by Crippen LogP contribution is 2.40. The number of amides is 2. The second kappa shape index (κ2) is 10.5. The van der Waals surface area contributed by atoms with Gasteiger partial charge in [0.25, 0.3) is 5.91 Å². The number of nitrogens with zero attached hydrogens (tertiary/aromatic N) is 5. The fourth-order valence-electron chi connectivity index (χ4n) is 5.91. The van der Waals surface area contributed by atoms with Crippen molar-refractivity contribution in [3.8, 4) is 5.75 Å². The number of benzene rings is 3. The Balaban J connectivity index is 1.19. The lowest BCUT2D eigenvalue weighted by Gasteiger charge is -2.38. The number of rotatable bonds is 6. The average molecular weight is 568 g/mol. The molecule has 1 saturated heterocycles. The molecule has 9 nitrogen and oxygen atoms in total. The summed E-state index contributed by atoms with van der Waals surface area (Å²) in [4.78, 5) is 29.6. The zero-order chi connectivity index (χ0) is 29.6. The van der Waals surface area contributed by atoms with E-state index >= 15 is 0 Å². The largest absolute Gasteiger partial charge is 0.497 e. The van der Waals surface area contributed by atoms with Crippen LogP contribution in [0.15, 0.2) is 60.8 Å². The van der Waals surface area contributed by atoms with E-state index in [2.05, 4.69) is 29.4 Å². The van der Waals surface area contributed by atoms with Crippen molar-refractivity contribution < 1.29 is 19.1 Å². The predicted octanol–water partition coefficient (Wildman–Crippen LogP) is 5.94. The lowest BCUT2D eigenvalue weighted by Crippen LogP contribution is -2.45. The average Bonchev–Trinajstić information content (AvgIpc) is 3.54. The molecule has 42 heavy (non-hydrogen) atoms. The monoisotopic (exact) mass is 567 g/mol. The summed E-state index contributed by atoms with van der Waals surface area (Å²) in [6, 6.07) is 17.9. The van der Waals surface area contributed by atoms with Crippen molar-refractivity contribution in [2.24, 2.45) is 0 Å². The molecule has 0 radical (unpaired) electrons. The number of carbonyl (C=O) groups is 2. The lowest BCUT2D eigenvalue weighted by atomic mass is 9.78. The third-order valence-electron chi connectivity index (χ3n) is 8.38. The zero-order valence-electron chi connectivity index (χ0n) is 24.9. The molecule has 3 heterocycles. The first-order valence-corrected chi connectivity index (χ1v) is 14.4. The van der Waals surface area contributed by atoms with Crippen LogP contribution < -0.4 is 9.64 Å². The Bertz CT molecular complexity index is 1650. The first kappa shape index (κ1) is 27.8. The maximum atomic E-state index is 13.5. The third kappa shape index (κ3) is 5.19. The maximum absolute atomic E-state index is 13.5. The van der Waals surface area contributed by atoms with E-state index in [9.17, 15) is 9.59 Å². The van der Waals surface area contributed by atoms with Crippen molar-refractivity contribution in [2.75, 3.05) is 25.1 Å². The fraction of sp³-hybridized carbons (Fsp3) is 0.394. The Morgan fingerprint density at radius 3 is 2.43 bits per heavy atom. The Hall–Kier alpha value is -4.40. The molecular formula is C33H37N5O4. The molecular weight excluding hydrogens is 530 g/mol. The van der Waals surface area contributed by atoms with E-state index in [1.807, 2.05) is 79.0 Å². The van der Waals surface area contributed by atoms with E-state index in [0.717, 1.165) is 57.4 Å². The minimum absolute atomic E-state index is 0.0114. The number of likely N-dealkylation sites (tertiary alicyclic amines) is 1. The summed E-state index contributed by atoms with van der Waals surface area (Å²) in [6.07, 6.45) is 3.34. The van der Waals surface area contributed by atoms with Crippen molar-refractivity contribution in [1.82, 2.24) is 19.9 Å². The molecule has 0 aliphatic carbocycles. The van der Waals surface area contributed by atoms with Crippen LogP contribution in [0.5, 0.6) is 5.75 Å². The van der Waals surface area contributed by atoms with Crippen molar-refractivity contribution in [3.05, 3.63) is 83.2 Å². The van der Waals surface area contributed by atoms with E-state index in [-0.39, 0.29) is 17.4 Å². The van der Waals surface area contributed by atoms with Gasteiger partial charge < -0.3 is 19.3 Å². The second-order valence-electron chi connectivity index (χ2n) is 12.5. The van der Waals surface area contributed by atoms with E-state index in [4.69, 9.17) is 9.47 Å². The second-order valence-corrected chi connectivity index (χ2v) is 12.5. The van der Waals surface area contributed by atoms with Gasteiger partial charge >= 0.3 is 6.09 Å². The Kier molecular flexibility index (Phi) is 6.91. The summed E-state index contributed by atoms with van der Waals surface area (Å²) in [6.45, 7) is 10.1. The number of hydrogen-bond donors (Lipinski definition) is 0. The van der Waals surface area contributed by atoms with Crippen LogP contribution in [0.4, 0.5) is 10.5 Å². The summed E-state index contributed by atoms with van der Waals surface area (Å²) in [5.41, 5.74) is 4.01. The van der Waals surface area contributed by atoms with Gasteiger partial charge in [-0.25, -0.2) is 9.48 Å². The van der Waals surface area contributed by atoms with E-state index in [0.29, 0.717) is 26.2 Å². The standard InChI is InChI=1S/C33H37N5O4/c1-32(2,3)42-31(40)36-17-15-33(4,16-18-36)28-21-37(35-34-28)20-23-11-14-27-29-25(23)7-6-8-26(29)30(39)38(27)19-22-9-12-24(41-5)13-10-22/h6-14,21H,15-20H2,1-5H3. The molecule has 0 bridgehead atoms. The summed E-state index contributed by atoms with van der Waals surface area (Å²) in [7, 11) is 1.64. The number of anilines is 1. The van der Waals surface area contributed by atoms with Gasteiger partial charge in [-0.15, -0.1) is 5.10 Å². The van der Waals surface area contributed by atoms with Crippen molar-refractivity contribution in [1.29, 1.82) is 0 Å². The highest BCUT2D eigenvalue weighted by Gasteiger charge is 2.37. The van der Waals surface area contributed by atoms with Crippen LogP contribution in [0.3, 0.4) is 0 Å². The molecule has 9 heteroatoms. The maximum Gasteiger partial charge on any atom is 0.410 e. The summed E-state index contributed by atoms with van der Waals surface area (Å²) >= 11 is 0. The van der Waals surface area contributed by atoms with Gasteiger partial charge in [-0.2, -0.15) is 0 Å². The zero-order valence-corrected chi connectivity index (χ0v) is 24.9. The molecule has 4 aromatic rings. The Labute approximate surface area is 246 Å². The van der Waals surface area contributed by atoms with Crippen LogP contribution in [-0.4, -0.2) is 57.7 Å². The SMILES string of the molecule is COc1ccc(CN2C(=O)c3cccc4c(Cn5cc(C6(C)CCN(C(=O)OC(C)(C)C)CC6)nn5)ccc2c34)cc1. The minimum Gasteiger partial charge on any atom is -0.497 e. The van der Waals surface area contributed by atoms with Gasteiger partial charge in [0.1, 0.15) is 11.4 Å². The van der Waals surface area contributed by atoms with Crippen LogP contribution in [0, 0.1) is 0 Å². The Morgan fingerprint density at radius 2 is 1.74 bits per heavy atom. The van der Waals surface area contributed by atoms with E-state index < -0.39 is 5.60 Å². The number of carbonyl (C=O) groups excluding carboxylic acids is 2. The van der Waals surface area contributed by atoms with Crippen LogP contribution in [0.1, 0.15) is 67.7 Å². The predicted molar refractivity (Wildman–Crippen MR) is 161 cm³/mol. The first-order chi connectivity index (χ1) is 20.0. The Morgan fingerprint density at radius 1 is 1.00 bits per heavy atom. The van der Waals surface area contributed by atoms with Gasteiger partial charge in [-0.1, -0.05) is 42.5 Å². The van der Waals surface area contributed by atoms with Gasteiger partial charge in [0.2, 0.25) is 0 Å². The van der Waals surface area contributed by atoms with Gasteiger partial charge in [0.15, 0.2) is 0 Å². The molecule has 2 aliphatic heterocycles. The number of hydrogen-bond acceptors (Lipinski definition) is 6. The molecule has 6 rings (SSSR count). The molecule has 2 amide bonds. The number of ether oxygens (including phenoxy) is 2. The van der Waals surface area contributed by atoms with Crippen LogP contribution >= 0.6 is 0 Å². The molecule has 0 N–H and O–H groups in total. The highest BCUT2D eigenvalue weighted by molar-refractivity contribution is 6.25. The summed E-state index contributed by atoms with van der Waals surface area (Å²) in [5, 5.41) is 11.1. The van der Waals surface area contributed by atoms with E-state index in [1.165, 1.54) is 0 Å².